The molecule has 2 heteroatoms. The molecule has 1 fully saturated rings. The van der Waals surface area contributed by atoms with E-state index in [1.54, 1.807) is 0 Å². The minimum Gasteiger partial charge on any atom is -0.481 e. The molecule has 0 heterocycles. The second kappa shape index (κ2) is 4.47. The highest BCUT2D eigenvalue weighted by Gasteiger charge is 2.29. The number of carboxylic acid groups (broad SMARTS) is 1. The molecule has 1 aromatic carbocycles. The van der Waals surface area contributed by atoms with Crippen LogP contribution in [-0.4, -0.2) is 11.1 Å². The average Bonchev–Trinajstić information content (AvgIpc) is 2.68. The molecule has 1 aliphatic carbocycles. The van der Waals surface area contributed by atoms with Crippen LogP contribution in [0.4, 0.5) is 0 Å². The normalized spacial score (nSPS) is 25.3. The smallest absolute Gasteiger partial charge is 0.306 e. The molecular formula is C13H16O2. The van der Waals surface area contributed by atoms with Crippen molar-refractivity contribution in [1.82, 2.24) is 0 Å². The second-order valence-corrected chi connectivity index (χ2v) is 4.40. The first kappa shape index (κ1) is 10.2. The maximum atomic E-state index is 10.8. The van der Waals surface area contributed by atoms with Crippen molar-refractivity contribution in [3.05, 3.63) is 35.9 Å². The van der Waals surface area contributed by atoms with E-state index in [9.17, 15) is 4.79 Å². The van der Waals surface area contributed by atoms with Crippen molar-refractivity contribution >= 4 is 5.97 Å². The quantitative estimate of drug-likeness (QED) is 0.822. The van der Waals surface area contributed by atoms with Gasteiger partial charge in [0.15, 0.2) is 0 Å². The van der Waals surface area contributed by atoms with Gasteiger partial charge in [-0.3, -0.25) is 4.79 Å². The number of hydrogen-bond donors (Lipinski definition) is 1. The molecule has 2 rings (SSSR count). The standard InChI is InChI=1S/C13H16O2/c14-13(15)12-7-6-11(9-12)8-10-4-2-1-3-5-10/h1-5,11-12H,6-9H2,(H,14,15). The molecule has 2 atom stereocenters. The Morgan fingerprint density at radius 2 is 2.00 bits per heavy atom. The molecule has 1 saturated carbocycles. The summed E-state index contributed by atoms with van der Waals surface area (Å²) in [5.41, 5.74) is 1.33. The molecule has 1 N–H and O–H groups in total. The lowest BCUT2D eigenvalue weighted by Gasteiger charge is -2.08. The van der Waals surface area contributed by atoms with E-state index in [0.29, 0.717) is 5.92 Å². The van der Waals surface area contributed by atoms with Crippen LogP contribution in [0, 0.1) is 11.8 Å². The summed E-state index contributed by atoms with van der Waals surface area (Å²) < 4.78 is 0. The molecule has 0 saturated heterocycles. The second-order valence-electron chi connectivity index (χ2n) is 4.40. The minimum absolute atomic E-state index is 0.0984. The lowest BCUT2D eigenvalue weighted by molar-refractivity contribution is -0.141. The highest BCUT2D eigenvalue weighted by Crippen LogP contribution is 2.33. The Labute approximate surface area is 89.9 Å². The van der Waals surface area contributed by atoms with Crippen LogP contribution in [0.25, 0.3) is 0 Å². The highest BCUT2D eigenvalue weighted by molar-refractivity contribution is 5.70. The van der Waals surface area contributed by atoms with Gasteiger partial charge in [-0.05, 0) is 37.2 Å². The summed E-state index contributed by atoms with van der Waals surface area (Å²) in [6.07, 6.45) is 3.80. The van der Waals surface area contributed by atoms with E-state index in [4.69, 9.17) is 5.11 Å². The maximum absolute atomic E-state index is 10.8. The number of aliphatic carboxylic acids is 1. The molecular weight excluding hydrogens is 188 g/mol. The lowest BCUT2D eigenvalue weighted by Crippen LogP contribution is -2.10. The van der Waals surface area contributed by atoms with Crippen LogP contribution >= 0.6 is 0 Å². The summed E-state index contributed by atoms with van der Waals surface area (Å²) in [6, 6.07) is 10.3. The van der Waals surface area contributed by atoms with Gasteiger partial charge in [-0.25, -0.2) is 0 Å². The predicted molar refractivity (Wildman–Crippen MR) is 58.6 cm³/mol. The SMILES string of the molecule is O=C(O)C1CCC(Cc2ccccc2)C1. The third-order valence-electron chi connectivity index (χ3n) is 3.26. The van der Waals surface area contributed by atoms with Crippen molar-refractivity contribution in [3.8, 4) is 0 Å². The van der Waals surface area contributed by atoms with Gasteiger partial charge in [0, 0.05) is 0 Å². The maximum Gasteiger partial charge on any atom is 0.306 e. The van der Waals surface area contributed by atoms with E-state index in [1.165, 1.54) is 5.56 Å². The topological polar surface area (TPSA) is 37.3 Å². The molecule has 0 aromatic heterocycles. The molecule has 15 heavy (non-hydrogen) atoms. The van der Waals surface area contributed by atoms with Crippen LogP contribution in [-0.2, 0) is 11.2 Å². The van der Waals surface area contributed by atoms with Gasteiger partial charge in [0.25, 0.3) is 0 Å². The van der Waals surface area contributed by atoms with Gasteiger partial charge >= 0.3 is 5.97 Å². The Morgan fingerprint density at radius 1 is 1.27 bits per heavy atom. The van der Waals surface area contributed by atoms with E-state index in [0.717, 1.165) is 25.7 Å². The van der Waals surface area contributed by atoms with Crippen molar-refractivity contribution < 1.29 is 9.90 Å². The van der Waals surface area contributed by atoms with E-state index in [2.05, 4.69) is 12.1 Å². The fourth-order valence-corrected chi connectivity index (χ4v) is 2.43. The third kappa shape index (κ3) is 2.58. The van der Waals surface area contributed by atoms with Crippen molar-refractivity contribution in [2.24, 2.45) is 11.8 Å². The zero-order chi connectivity index (χ0) is 10.7. The average molecular weight is 204 g/mol. The fraction of sp³-hybridized carbons (Fsp3) is 0.462. The molecule has 1 aliphatic rings. The molecule has 2 unspecified atom stereocenters. The first-order chi connectivity index (χ1) is 7.25. The first-order valence-electron chi connectivity index (χ1n) is 5.52. The monoisotopic (exact) mass is 204 g/mol. The zero-order valence-electron chi connectivity index (χ0n) is 8.73. The number of rotatable bonds is 3. The van der Waals surface area contributed by atoms with E-state index < -0.39 is 5.97 Å². The minimum atomic E-state index is -0.620. The van der Waals surface area contributed by atoms with Gasteiger partial charge in [0.1, 0.15) is 0 Å². The Morgan fingerprint density at radius 3 is 2.60 bits per heavy atom. The Bertz CT molecular complexity index is 332. The predicted octanol–water partition coefficient (Wildman–Crippen LogP) is 2.73. The summed E-state index contributed by atoms with van der Waals surface area (Å²) in [7, 11) is 0. The molecule has 80 valence electrons. The lowest BCUT2D eigenvalue weighted by atomic mass is 9.97. The van der Waals surface area contributed by atoms with Gasteiger partial charge in [-0.1, -0.05) is 30.3 Å². The molecule has 1 aromatic rings. The van der Waals surface area contributed by atoms with Gasteiger partial charge in [-0.15, -0.1) is 0 Å². The summed E-state index contributed by atoms with van der Waals surface area (Å²) in [5, 5.41) is 8.90. The van der Waals surface area contributed by atoms with Crippen molar-refractivity contribution in [2.75, 3.05) is 0 Å². The molecule has 0 radical (unpaired) electrons. The number of benzene rings is 1. The van der Waals surface area contributed by atoms with Crippen LogP contribution in [0.3, 0.4) is 0 Å². The molecule has 0 spiro atoms. The van der Waals surface area contributed by atoms with Crippen LogP contribution in [0.1, 0.15) is 24.8 Å². The Hall–Kier alpha value is -1.31. The van der Waals surface area contributed by atoms with Crippen molar-refractivity contribution in [1.29, 1.82) is 0 Å². The molecule has 0 amide bonds. The van der Waals surface area contributed by atoms with Gasteiger partial charge < -0.3 is 5.11 Å². The van der Waals surface area contributed by atoms with E-state index >= 15 is 0 Å². The highest BCUT2D eigenvalue weighted by atomic mass is 16.4. The van der Waals surface area contributed by atoms with Crippen LogP contribution < -0.4 is 0 Å². The number of carbonyl (C=O) groups is 1. The summed E-state index contributed by atoms with van der Waals surface area (Å²) in [6.45, 7) is 0. The van der Waals surface area contributed by atoms with Crippen molar-refractivity contribution in [2.45, 2.75) is 25.7 Å². The number of hydrogen-bond acceptors (Lipinski definition) is 1. The summed E-state index contributed by atoms with van der Waals surface area (Å²) in [4.78, 5) is 10.8. The van der Waals surface area contributed by atoms with Gasteiger partial charge in [0.05, 0.1) is 5.92 Å². The van der Waals surface area contributed by atoms with Gasteiger partial charge in [0.2, 0.25) is 0 Å². The molecule has 0 bridgehead atoms. The largest absolute Gasteiger partial charge is 0.481 e. The fourth-order valence-electron chi connectivity index (χ4n) is 2.43. The van der Waals surface area contributed by atoms with E-state index in [1.807, 2.05) is 18.2 Å². The molecule has 0 aliphatic heterocycles. The first-order valence-corrected chi connectivity index (χ1v) is 5.52. The Kier molecular flexibility index (Phi) is 3.05. The van der Waals surface area contributed by atoms with Crippen LogP contribution in [0.15, 0.2) is 30.3 Å². The van der Waals surface area contributed by atoms with E-state index in [-0.39, 0.29) is 5.92 Å². The number of carboxylic acids is 1. The van der Waals surface area contributed by atoms with Crippen LogP contribution in [0.2, 0.25) is 0 Å². The molecule has 2 nitrogen and oxygen atoms in total. The van der Waals surface area contributed by atoms with Crippen LogP contribution in [0.5, 0.6) is 0 Å². The zero-order valence-corrected chi connectivity index (χ0v) is 8.73. The Balaban J connectivity index is 1.90. The summed E-state index contributed by atoms with van der Waals surface area (Å²) >= 11 is 0. The van der Waals surface area contributed by atoms with Gasteiger partial charge in [-0.2, -0.15) is 0 Å². The van der Waals surface area contributed by atoms with Crippen molar-refractivity contribution in [3.63, 3.8) is 0 Å². The third-order valence-corrected chi connectivity index (χ3v) is 3.26. The summed E-state index contributed by atoms with van der Waals surface area (Å²) in [5.74, 6) is -0.155.